The molecule has 0 saturated heterocycles. The van der Waals surface area contributed by atoms with Gasteiger partial charge in [0.15, 0.2) is 6.61 Å². The Morgan fingerprint density at radius 3 is 2.32 bits per heavy atom. The molecule has 0 atom stereocenters. The van der Waals surface area contributed by atoms with Crippen molar-refractivity contribution in [2.75, 3.05) is 19.7 Å². The van der Waals surface area contributed by atoms with Crippen molar-refractivity contribution in [3.05, 3.63) is 29.8 Å². The first-order valence-electron chi connectivity index (χ1n) is 7.07. The highest BCUT2D eigenvalue weighted by Gasteiger charge is 2.21. The predicted molar refractivity (Wildman–Crippen MR) is 81.4 cm³/mol. The van der Waals surface area contributed by atoms with E-state index in [-0.39, 0.29) is 17.9 Å². The van der Waals surface area contributed by atoms with Gasteiger partial charge in [0.1, 0.15) is 6.07 Å². The van der Waals surface area contributed by atoms with Crippen LogP contribution in [0.15, 0.2) is 29.2 Å². The van der Waals surface area contributed by atoms with Crippen molar-refractivity contribution in [1.82, 2.24) is 4.31 Å². The van der Waals surface area contributed by atoms with Crippen molar-refractivity contribution in [2.45, 2.75) is 31.6 Å². The van der Waals surface area contributed by atoms with Crippen molar-refractivity contribution in [3.8, 4) is 6.07 Å². The molecule has 0 radical (unpaired) electrons. The third-order valence-electron chi connectivity index (χ3n) is 3.18. The normalized spacial score (nSPS) is 11.2. The third kappa shape index (κ3) is 4.83. The molecule has 0 fully saturated rings. The molecule has 0 bridgehead atoms. The second kappa shape index (κ2) is 8.51. The highest BCUT2D eigenvalue weighted by Crippen LogP contribution is 2.16. The van der Waals surface area contributed by atoms with Crippen LogP contribution in [0.3, 0.4) is 0 Å². The summed E-state index contributed by atoms with van der Waals surface area (Å²) in [5.41, 5.74) is 0.840. The number of nitrogens with zero attached hydrogens (tertiary/aromatic N) is 2. The van der Waals surface area contributed by atoms with Crippen LogP contribution < -0.4 is 0 Å². The molecule has 0 saturated carbocycles. The van der Waals surface area contributed by atoms with E-state index < -0.39 is 16.0 Å². The Morgan fingerprint density at radius 2 is 1.82 bits per heavy atom. The zero-order valence-electron chi connectivity index (χ0n) is 12.8. The zero-order chi connectivity index (χ0) is 16.6. The lowest BCUT2D eigenvalue weighted by Crippen LogP contribution is -2.30. The van der Waals surface area contributed by atoms with Gasteiger partial charge >= 0.3 is 5.97 Å². The smallest absolute Gasteiger partial charge is 0.307 e. The fourth-order valence-corrected chi connectivity index (χ4v) is 3.43. The van der Waals surface area contributed by atoms with Crippen LogP contribution >= 0.6 is 0 Å². The lowest BCUT2D eigenvalue weighted by molar-refractivity contribution is -0.142. The van der Waals surface area contributed by atoms with Crippen LogP contribution in [0.25, 0.3) is 0 Å². The summed E-state index contributed by atoms with van der Waals surface area (Å²) in [5, 5.41) is 8.30. The highest BCUT2D eigenvalue weighted by atomic mass is 32.2. The standard InChI is InChI=1S/C15H20N2O4S/c1-3-17(4-2)22(19,20)14-8-5-13(6-9-14)7-10-15(18)21-12-11-16/h5-6,8-9H,3-4,7,10,12H2,1-2H3. The number of aryl methyl sites for hydroxylation is 1. The summed E-state index contributed by atoms with van der Waals surface area (Å²) in [5.74, 6) is -0.443. The lowest BCUT2D eigenvalue weighted by atomic mass is 10.1. The first-order chi connectivity index (χ1) is 10.5. The van der Waals surface area contributed by atoms with Gasteiger partial charge in [-0.1, -0.05) is 26.0 Å². The quantitative estimate of drug-likeness (QED) is 0.679. The number of ether oxygens (including phenoxy) is 1. The van der Waals surface area contributed by atoms with Gasteiger partial charge in [0, 0.05) is 19.5 Å². The van der Waals surface area contributed by atoms with Crippen LogP contribution in [-0.4, -0.2) is 38.4 Å². The minimum atomic E-state index is -3.46. The molecule has 0 aliphatic rings. The van der Waals surface area contributed by atoms with Gasteiger partial charge in [-0.15, -0.1) is 0 Å². The molecule has 0 aromatic heterocycles. The summed E-state index contributed by atoms with van der Waals surface area (Å²) >= 11 is 0. The summed E-state index contributed by atoms with van der Waals surface area (Å²) in [7, 11) is -3.46. The van der Waals surface area contributed by atoms with Crippen LogP contribution in [0.4, 0.5) is 0 Å². The first kappa shape index (κ1) is 18.1. The topological polar surface area (TPSA) is 87.5 Å². The van der Waals surface area contributed by atoms with Gasteiger partial charge in [-0.2, -0.15) is 9.57 Å². The minimum Gasteiger partial charge on any atom is -0.450 e. The molecule has 0 unspecified atom stereocenters. The number of rotatable bonds is 8. The molecule has 0 spiro atoms. The third-order valence-corrected chi connectivity index (χ3v) is 5.25. The Bertz CT molecular complexity index is 629. The largest absolute Gasteiger partial charge is 0.450 e. The number of benzene rings is 1. The molecule has 0 N–H and O–H groups in total. The molecule has 1 aromatic carbocycles. The molecule has 0 heterocycles. The van der Waals surface area contributed by atoms with Gasteiger partial charge in [0.2, 0.25) is 10.0 Å². The van der Waals surface area contributed by atoms with Crippen molar-refractivity contribution in [2.24, 2.45) is 0 Å². The maximum absolute atomic E-state index is 12.3. The van der Waals surface area contributed by atoms with Gasteiger partial charge in [-0.3, -0.25) is 4.79 Å². The molecule has 0 aliphatic heterocycles. The molecule has 1 rings (SSSR count). The second-order valence-corrected chi connectivity index (χ2v) is 6.49. The Labute approximate surface area is 131 Å². The molecule has 22 heavy (non-hydrogen) atoms. The van der Waals surface area contributed by atoms with E-state index in [0.29, 0.717) is 19.5 Å². The van der Waals surface area contributed by atoms with Crippen molar-refractivity contribution >= 4 is 16.0 Å². The molecule has 6 nitrogen and oxygen atoms in total. The van der Waals surface area contributed by atoms with Gasteiger partial charge in [0.05, 0.1) is 4.90 Å². The SMILES string of the molecule is CCN(CC)S(=O)(=O)c1ccc(CCC(=O)OCC#N)cc1. The van der Waals surface area contributed by atoms with Crippen LogP contribution in [0.1, 0.15) is 25.8 Å². The number of sulfonamides is 1. The van der Waals surface area contributed by atoms with Crippen LogP contribution in [0.2, 0.25) is 0 Å². The summed E-state index contributed by atoms with van der Waals surface area (Å²) in [4.78, 5) is 11.5. The van der Waals surface area contributed by atoms with E-state index in [2.05, 4.69) is 4.74 Å². The Balaban J connectivity index is 2.71. The fraction of sp³-hybridized carbons (Fsp3) is 0.467. The lowest BCUT2D eigenvalue weighted by Gasteiger charge is -2.18. The van der Waals surface area contributed by atoms with Crippen molar-refractivity contribution in [3.63, 3.8) is 0 Å². The zero-order valence-corrected chi connectivity index (χ0v) is 13.6. The van der Waals surface area contributed by atoms with E-state index in [1.54, 1.807) is 44.2 Å². The molecule has 0 aliphatic carbocycles. The molecule has 7 heteroatoms. The van der Waals surface area contributed by atoms with Crippen LogP contribution in [-0.2, 0) is 26.0 Å². The fourth-order valence-electron chi connectivity index (χ4n) is 1.97. The summed E-state index contributed by atoms with van der Waals surface area (Å²) in [6, 6.07) is 8.20. The van der Waals surface area contributed by atoms with E-state index in [1.165, 1.54) is 4.31 Å². The molecule has 1 aromatic rings. The van der Waals surface area contributed by atoms with E-state index in [0.717, 1.165) is 5.56 Å². The van der Waals surface area contributed by atoms with Gasteiger partial charge in [-0.05, 0) is 24.1 Å². The predicted octanol–water partition coefficient (Wildman–Crippen LogP) is 1.72. The summed E-state index contributed by atoms with van der Waals surface area (Å²) < 4.78 is 30.7. The number of carbonyl (C=O) groups excluding carboxylic acids is 1. The average molecular weight is 324 g/mol. The Hall–Kier alpha value is -1.91. The first-order valence-corrected chi connectivity index (χ1v) is 8.51. The molecular formula is C15H20N2O4S. The highest BCUT2D eigenvalue weighted by molar-refractivity contribution is 7.89. The molecular weight excluding hydrogens is 304 g/mol. The van der Waals surface area contributed by atoms with Crippen LogP contribution in [0, 0.1) is 11.3 Å². The van der Waals surface area contributed by atoms with E-state index >= 15 is 0 Å². The van der Waals surface area contributed by atoms with Gasteiger partial charge < -0.3 is 4.74 Å². The van der Waals surface area contributed by atoms with E-state index in [9.17, 15) is 13.2 Å². The number of esters is 1. The average Bonchev–Trinajstić information content (AvgIpc) is 2.52. The van der Waals surface area contributed by atoms with Crippen LogP contribution in [0.5, 0.6) is 0 Å². The Kier molecular flexibility index (Phi) is 7.02. The number of carbonyl (C=O) groups is 1. The maximum Gasteiger partial charge on any atom is 0.307 e. The van der Waals surface area contributed by atoms with Gasteiger partial charge in [-0.25, -0.2) is 8.42 Å². The van der Waals surface area contributed by atoms with E-state index in [4.69, 9.17) is 5.26 Å². The van der Waals surface area contributed by atoms with E-state index in [1.807, 2.05) is 0 Å². The van der Waals surface area contributed by atoms with Gasteiger partial charge in [0.25, 0.3) is 0 Å². The Morgan fingerprint density at radius 1 is 1.23 bits per heavy atom. The second-order valence-electron chi connectivity index (χ2n) is 4.55. The summed E-state index contributed by atoms with van der Waals surface area (Å²) in [6.45, 7) is 4.18. The van der Waals surface area contributed by atoms with Crippen molar-refractivity contribution in [1.29, 1.82) is 5.26 Å². The number of nitriles is 1. The maximum atomic E-state index is 12.3. The van der Waals surface area contributed by atoms with Crippen molar-refractivity contribution < 1.29 is 17.9 Å². The molecule has 120 valence electrons. The monoisotopic (exact) mass is 324 g/mol. The minimum absolute atomic E-state index is 0.157. The number of hydrogen-bond donors (Lipinski definition) is 0. The summed E-state index contributed by atoms with van der Waals surface area (Å²) in [6.07, 6.45) is 0.597. The molecule has 0 amide bonds. The number of hydrogen-bond acceptors (Lipinski definition) is 5.